The normalized spacial score (nSPS) is 11.2. The first-order valence-electron chi connectivity index (χ1n) is 7.53. The molecule has 1 atom stereocenters. The molecule has 0 aliphatic heterocycles. The predicted molar refractivity (Wildman–Crippen MR) is 89.2 cm³/mol. The maximum Gasteiger partial charge on any atom is 0.338 e. The molecule has 0 radical (unpaired) electrons. The van der Waals surface area contributed by atoms with Gasteiger partial charge >= 0.3 is 5.97 Å². The van der Waals surface area contributed by atoms with Gasteiger partial charge < -0.3 is 10.1 Å². The summed E-state index contributed by atoms with van der Waals surface area (Å²) in [5, 5.41) is 11.6. The molecule has 0 bridgehead atoms. The molecule has 1 N–H and O–H groups in total. The van der Waals surface area contributed by atoms with Gasteiger partial charge in [-0.25, -0.2) is 4.79 Å². The molecule has 0 heterocycles. The second-order valence-electron chi connectivity index (χ2n) is 5.41. The minimum absolute atomic E-state index is 0.181. The van der Waals surface area contributed by atoms with Crippen molar-refractivity contribution in [1.82, 2.24) is 5.32 Å². The molecular weight excluding hydrogens is 304 g/mol. The molecule has 0 aliphatic rings. The molecule has 0 saturated carbocycles. The van der Waals surface area contributed by atoms with Crippen LogP contribution in [0.5, 0.6) is 0 Å². The molecule has 5 heteroatoms. The zero-order valence-electron chi connectivity index (χ0n) is 13.6. The average molecular weight is 322 g/mol. The summed E-state index contributed by atoms with van der Waals surface area (Å²) in [7, 11) is 0. The lowest BCUT2D eigenvalue weighted by molar-refractivity contribution is -0.124. The Morgan fingerprint density at radius 2 is 1.96 bits per heavy atom. The van der Waals surface area contributed by atoms with Gasteiger partial charge in [-0.05, 0) is 43.2 Å². The summed E-state index contributed by atoms with van der Waals surface area (Å²) >= 11 is 0. The molecule has 0 fully saturated rings. The molecule has 2 rings (SSSR count). The third-order valence-corrected chi connectivity index (χ3v) is 3.59. The molecule has 2 aromatic carbocycles. The van der Waals surface area contributed by atoms with Gasteiger partial charge in [0, 0.05) is 0 Å². The van der Waals surface area contributed by atoms with E-state index in [1.165, 1.54) is 12.1 Å². The molecule has 5 nitrogen and oxygen atoms in total. The highest BCUT2D eigenvalue weighted by Gasteiger charge is 2.14. The number of nitrogens with one attached hydrogen (secondary N) is 1. The van der Waals surface area contributed by atoms with E-state index >= 15 is 0 Å². The van der Waals surface area contributed by atoms with Crippen molar-refractivity contribution in [3.8, 4) is 6.07 Å². The van der Waals surface area contributed by atoms with Crippen LogP contribution in [0.15, 0.2) is 48.5 Å². The van der Waals surface area contributed by atoms with Crippen LogP contribution in [0.3, 0.4) is 0 Å². The second-order valence-corrected chi connectivity index (χ2v) is 5.41. The van der Waals surface area contributed by atoms with Gasteiger partial charge in [-0.2, -0.15) is 5.26 Å². The number of amides is 1. The van der Waals surface area contributed by atoms with Crippen molar-refractivity contribution in [1.29, 1.82) is 5.26 Å². The molecule has 1 amide bonds. The molecule has 0 aromatic heterocycles. The van der Waals surface area contributed by atoms with Crippen molar-refractivity contribution >= 4 is 11.9 Å². The number of ether oxygens (including phenoxy) is 1. The zero-order chi connectivity index (χ0) is 17.5. The van der Waals surface area contributed by atoms with Crippen LogP contribution in [-0.4, -0.2) is 18.5 Å². The van der Waals surface area contributed by atoms with Crippen molar-refractivity contribution < 1.29 is 14.3 Å². The lowest BCUT2D eigenvalue weighted by Gasteiger charge is -2.16. The van der Waals surface area contributed by atoms with E-state index in [0.717, 1.165) is 11.1 Å². The van der Waals surface area contributed by atoms with Crippen LogP contribution in [0.4, 0.5) is 0 Å². The van der Waals surface area contributed by atoms with Gasteiger partial charge in [0.1, 0.15) is 0 Å². The summed E-state index contributed by atoms with van der Waals surface area (Å²) in [5.74, 6) is -1.01. The summed E-state index contributed by atoms with van der Waals surface area (Å²) in [6.07, 6.45) is 0. The standard InChI is InChI=1S/C19H18N2O3/c1-13-6-3-4-9-17(13)14(2)21-18(22)12-24-19(23)16-8-5-7-15(10-16)11-20/h3-10,14H,12H2,1-2H3,(H,21,22). The first kappa shape index (κ1) is 17.2. The Hall–Kier alpha value is -3.13. The second kappa shape index (κ2) is 7.93. The van der Waals surface area contributed by atoms with Crippen molar-refractivity contribution in [3.63, 3.8) is 0 Å². The van der Waals surface area contributed by atoms with Crippen molar-refractivity contribution in [2.24, 2.45) is 0 Å². The van der Waals surface area contributed by atoms with Crippen molar-refractivity contribution in [2.75, 3.05) is 6.61 Å². The summed E-state index contributed by atoms with van der Waals surface area (Å²) in [4.78, 5) is 23.9. The van der Waals surface area contributed by atoms with E-state index in [1.807, 2.05) is 44.2 Å². The molecule has 1 unspecified atom stereocenters. The highest BCUT2D eigenvalue weighted by molar-refractivity contribution is 5.91. The quantitative estimate of drug-likeness (QED) is 0.858. The fourth-order valence-corrected chi connectivity index (χ4v) is 2.36. The Morgan fingerprint density at radius 1 is 1.21 bits per heavy atom. The Balaban J connectivity index is 1.90. The van der Waals surface area contributed by atoms with E-state index in [-0.39, 0.29) is 24.1 Å². The van der Waals surface area contributed by atoms with Crippen LogP contribution in [-0.2, 0) is 9.53 Å². The summed E-state index contributed by atoms with van der Waals surface area (Å²) in [6.45, 7) is 3.48. The predicted octanol–water partition coefficient (Wildman–Crippen LogP) is 2.90. The number of aryl methyl sites for hydroxylation is 1. The van der Waals surface area contributed by atoms with Gasteiger partial charge in [-0.15, -0.1) is 0 Å². The number of hydrogen-bond donors (Lipinski definition) is 1. The fourth-order valence-electron chi connectivity index (χ4n) is 2.36. The summed E-state index contributed by atoms with van der Waals surface area (Å²) in [5.41, 5.74) is 2.70. The van der Waals surface area contributed by atoms with Crippen molar-refractivity contribution in [3.05, 3.63) is 70.8 Å². The minimum Gasteiger partial charge on any atom is -0.452 e. The van der Waals surface area contributed by atoms with E-state index < -0.39 is 5.97 Å². The topological polar surface area (TPSA) is 79.2 Å². The molecule has 122 valence electrons. The molecular formula is C19H18N2O3. The molecule has 0 spiro atoms. The SMILES string of the molecule is Cc1ccccc1C(C)NC(=O)COC(=O)c1cccc(C#N)c1. The Labute approximate surface area is 140 Å². The largest absolute Gasteiger partial charge is 0.452 e. The Morgan fingerprint density at radius 3 is 2.67 bits per heavy atom. The highest BCUT2D eigenvalue weighted by atomic mass is 16.5. The van der Waals surface area contributed by atoms with E-state index in [0.29, 0.717) is 5.56 Å². The van der Waals surface area contributed by atoms with Crippen LogP contribution >= 0.6 is 0 Å². The third-order valence-electron chi connectivity index (χ3n) is 3.59. The number of carbonyl (C=O) groups excluding carboxylic acids is 2. The number of hydrogen-bond acceptors (Lipinski definition) is 4. The lowest BCUT2D eigenvalue weighted by atomic mass is 10.0. The number of nitriles is 1. The summed E-state index contributed by atoms with van der Waals surface area (Å²) < 4.78 is 5.00. The monoisotopic (exact) mass is 322 g/mol. The number of benzene rings is 2. The Kier molecular flexibility index (Phi) is 5.69. The van der Waals surface area contributed by atoms with Crippen LogP contribution in [0.2, 0.25) is 0 Å². The maximum absolute atomic E-state index is 12.0. The first-order chi connectivity index (χ1) is 11.5. The average Bonchev–Trinajstić information content (AvgIpc) is 2.60. The minimum atomic E-state index is -0.634. The number of rotatable bonds is 5. The first-order valence-corrected chi connectivity index (χ1v) is 7.53. The lowest BCUT2D eigenvalue weighted by Crippen LogP contribution is -2.31. The van der Waals surface area contributed by atoms with Crippen LogP contribution in [0.25, 0.3) is 0 Å². The zero-order valence-corrected chi connectivity index (χ0v) is 13.6. The number of nitrogens with zero attached hydrogens (tertiary/aromatic N) is 1. The third kappa shape index (κ3) is 4.43. The highest BCUT2D eigenvalue weighted by Crippen LogP contribution is 2.16. The van der Waals surface area contributed by atoms with Gasteiger partial charge in [-0.3, -0.25) is 4.79 Å². The molecule has 0 saturated heterocycles. The molecule has 0 aliphatic carbocycles. The number of esters is 1. The smallest absolute Gasteiger partial charge is 0.338 e. The fraction of sp³-hybridized carbons (Fsp3) is 0.211. The number of carbonyl (C=O) groups is 2. The molecule has 24 heavy (non-hydrogen) atoms. The van der Waals surface area contributed by atoms with Gasteiger partial charge in [-0.1, -0.05) is 30.3 Å². The van der Waals surface area contributed by atoms with Crippen molar-refractivity contribution in [2.45, 2.75) is 19.9 Å². The summed E-state index contributed by atoms with van der Waals surface area (Å²) in [6, 6.07) is 15.7. The Bertz CT molecular complexity index is 793. The molecule has 2 aromatic rings. The van der Waals surface area contributed by atoms with Crippen LogP contribution in [0, 0.1) is 18.3 Å². The van der Waals surface area contributed by atoms with Crippen LogP contribution < -0.4 is 5.32 Å². The van der Waals surface area contributed by atoms with E-state index in [9.17, 15) is 9.59 Å². The van der Waals surface area contributed by atoms with E-state index in [2.05, 4.69) is 5.32 Å². The van der Waals surface area contributed by atoms with Gasteiger partial charge in [0.2, 0.25) is 0 Å². The van der Waals surface area contributed by atoms with E-state index in [1.54, 1.807) is 12.1 Å². The van der Waals surface area contributed by atoms with Gasteiger partial charge in [0.25, 0.3) is 5.91 Å². The van der Waals surface area contributed by atoms with Gasteiger partial charge in [0.15, 0.2) is 6.61 Å². The van der Waals surface area contributed by atoms with Crippen LogP contribution in [0.1, 0.15) is 40.0 Å². The maximum atomic E-state index is 12.0. The van der Waals surface area contributed by atoms with E-state index in [4.69, 9.17) is 10.00 Å². The van der Waals surface area contributed by atoms with Gasteiger partial charge in [0.05, 0.1) is 23.2 Å².